The van der Waals surface area contributed by atoms with Crippen LogP contribution in [0.25, 0.3) is 5.69 Å². The fourth-order valence-electron chi connectivity index (χ4n) is 4.51. The first-order valence-electron chi connectivity index (χ1n) is 12.8. The Morgan fingerprint density at radius 2 is 1.57 bits per heavy atom. The van der Waals surface area contributed by atoms with E-state index in [0.717, 1.165) is 32.5 Å². The molecular weight excluding hydrogens is 544 g/mol. The summed E-state index contributed by atoms with van der Waals surface area (Å²) in [6.07, 6.45) is 1.57. The molecule has 3 aromatic carbocycles. The molecule has 0 fully saturated rings. The smallest absolute Gasteiger partial charge is 0.264 e. The van der Waals surface area contributed by atoms with Crippen molar-refractivity contribution in [2.75, 3.05) is 10.8 Å². The maximum absolute atomic E-state index is 13.7. The maximum atomic E-state index is 13.7. The number of aromatic nitrogens is 1. The van der Waals surface area contributed by atoms with Crippen LogP contribution in [0.15, 0.2) is 76.7 Å². The summed E-state index contributed by atoms with van der Waals surface area (Å²) >= 11 is 6.21. The number of nitrogens with one attached hydrogen (secondary N) is 1. The number of rotatable bonds is 8. The van der Waals surface area contributed by atoms with Gasteiger partial charge in [-0.25, -0.2) is 13.8 Å². The second-order valence-corrected chi connectivity index (χ2v) is 12.3. The monoisotopic (exact) mass is 576 g/mol. The number of hydrazone groups is 1. The molecule has 1 aromatic heterocycles. The molecule has 0 atom stereocenters. The maximum Gasteiger partial charge on any atom is 0.264 e. The summed E-state index contributed by atoms with van der Waals surface area (Å²) < 4.78 is 30.5. The van der Waals surface area contributed by atoms with Crippen molar-refractivity contribution < 1.29 is 13.2 Å². The van der Waals surface area contributed by atoms with Crippen LogP contribution in [0.4, 0.5) is 5.69 Å². The van der Waals surface area contributed by atoms with Crippen molar-refractivity contribution >= 4 is 39.4 Å². The van der Waals surface area contributed by atoms with Gasteiger partial charge in [-0.3, -0.25) is 9.10 Å². The Morgan fingerprint density at radius 3 is 2.25 bits per heavy atom. The topological polar surface area (TPSA) is 83.8 Å². The second kappa shape index (κ2) is 11.7. The van der Waals surface area contributed by atoms with Crippen molar-refractivity contribution in [1.82, 2.24) is 9.99 Å². The summed E-state index contributed by atoms with van der Waals surface area (Å²) in [4.78, 5) is 13.1. The van der Waals surface area contributed by atoms with Gasteiger partial charge >= 0.3 is 0 Å². The van der Waals surface area contributed by atoms with Gasteiger partial charge in [-0.05, 0) is 101 Å². The summed E-state index contributed by atoms with van der Waals surface area (Å²) in [5.74, 6) is -0.589. The van der Waals surface area contributed by atoms with Gasteiger partial charge in [0, 0.05) is 27.7 Å². The quantitative estimate of drug-likeness (QED) is 0.197. The lowest BCUT2D eigenvalue weighted by Crippen LogP contribution is -2.40. The molecule has 0 aliphatic heterocycles. The van der Waals surface area contributed by atoms with Crippen LogP contribution in [0.1, 0.15) is 39.2 Å². The van der Waals surface area contributed by atoms with Crippen LogP contribution in [0.2, 0.25) is 5.02 Å². The van der Waals surface area contributed by atoms with E-state index in [-0.39, 0.29) is 4.90 Å². The lowest BCUT2D eigenvalue weighted by Gasteiger charge is -2.25. The number of carbonyl (C=O) groups is 1. The summed E-state index contributed by atoms with van der Waals surface area (Å²) in [6.45, 7) is 11.3. The molecule has 0 bridgehead atoms. The number of benzene rings is 3. The molecule has 0 spiro atoms. The Morgan fingerprint density at radius 1 is 0.900 bits per heavy atom. The van der Waals surface area contributed by atoms with Crippen molar-refractivity contribution in [2.24, 2.45) is 5.10 Å². The minimum absolute atomic E-state index is 0.0764. The first-order chi connectivity index (χ1) is 18.9. The third-order valence-corrected chi connectivity index (χ3v) is 8.96. The largest absolute Gasteiger partial charge is 0.318 e. The predicted octanol–water partition coefficient (Wildman–Crippen LogP) is 6.33. The number of amides is 1. The average Bonchev–Trinajstić information content (AvgIpc) is 3.18. The van der Waals surface area contributed by atoms with Gasteiger partial charge in [0.15, 0.2) is 0 Å². The van der Waals surface area contributed by atoms with Crippen molar-refractivity contribution in [2.45, 2.75) is 46.4 Å². The zero-order valence-corrected chi connectivity index (χ0v) is 25.1. The standard InChI is InChI=1S/C31H33ClN4O3S/c1-20-7-13-29(14-8-20)40(38,39)35(30-17-27(32)11-9-22(30)3)19-31(37)34-33-18-26-16-24(5)36(25(26)6)28-12-10-21(2)23(4)15-28/h7-18H,19H2,1-6H3,(H,34,37)/b33-18-. The zero-order chi connectivity index (χ0) is 29.2. The molecule has 0 saturated heterocycles. The molecule has 9 heteroatoms. The second-order valence-electron chi connectivity index (χ2n) is 9.98. The number of hydrogen-bond acceptors (Lipinski definition) is 4. The molecule has 1 heterocycles. The predicted molar refractivity (Wildman–Crippen MR) is 162 cm³/mol. The Balaban J connectivity index is 1.58. The molecule has 0 radical (unpaired) electrons. The summed E-state index contributed by atoms with van der Waals surface area (Å²) in [5.41, 5.74) is 10.7. The SMILES string of the molecule is Cc1ccc(S(=O)(=O)N(CC(=O)N/N=C\c2cc(C)n(-c3ccc(C)c(C)c3)c2C)c2cc(Cl)ccc2C)cc1. The van der Waals surface area contributed by atoms with Gasteiger partial charge in [-0.2, -0.15) is 5.10 Å². The number of hydrogen-bond donors (Lipinski definition) is 1. The van der Waals surface area contributed by atoms with E-state index in [1.54, 1.807) is 43.5 Å². The van der Waals surface area contributed by atoms with Crippen molar-refractivity contribution in [3.63, 3.8) is 0 Å². The summed E-state index contributed by atoms with van der Waals surface area (Å²) in [6, 6.07) is 19.7. The molecule has 40 heavy (non-hydrogen) atoms. The molecule has 7 nitrogen and oxygen atoms in total. The molecule has 4 rings (SSSR count). The van der Waals surface area contributed by atoms with Crippen LogP contribution in [0.5, 0.6) is 0 Å². The number of sulfonamides is 1. The summed E-state index contributed by atoms with van der Waals surface area (Å²) in [5, 5.41) is 4.51. The van der Waals surface area contributed by atoms with Crippen LogP contribution in [-0.2, 0) is 14.8 Å². The fourth-order valence-corrected chi connectivity index (χ4v) is 6.15. The van der Waals surface area contributed by atoms with E-state index in [4.69, 9.17) is 11.6 Å². The van der Waals surface area contributed by atoms with Gasteiger partial charge in [-0.15, -0.1) is 0 Å². The van der Waals surface area contributed by atoms with Crippen LogP contribution in [0.3, 0.4) is 0 Å². The summed E-state index contributed by atoms with van der Waals surface area (Å²) in [7, 11) is -4.07. The van der Waals surface area contributed by atoms with E-state index >= 15 is 0 Å². The number of anilines is 1. The van der Waals surface area contributed by atoms with Crippen molar-refractivity contribution in [3.8, 4) is 5.69 Å². The van der Waals surface area contributed by atoms with E-state index in [0.29, 0.717) is 16.3 Å². The van der Waals surface area contributed by atoms with Crippen LogP contribution in [0, 0.1) is 41.5 Å². The highest BCUT2D eigenvalue weighted by molar-refractivity contribution is 7.92. The van der Waals surface area contributed by atoms with E-state index in [9.17, 15) is 13.2 Å². The number of carbonyl (C=O) groups excluding carboxylic acids is 1. The Labute approximate surface area is 241 Å². The molecule has 208 valence electrons. The molecule has 0 aliphatic rings. The van der Waals surface area contributed by atoms with E-state index in [1.165, 1.54) is 23.3 Å². The van der Waals surface area contributed by atoms with Gasteiger partial charge in [0.2, 0.25) is 0 Å². The highest BCUT2D eigenvalue weighted by Crippen LogP contribution is 2.29. The lowest BCUT2D eigenvalue weighted by atomic mass is 10.1. The van der Waals surface area contributed by atoms with Crippen LogP contribution < -0.4 is 9.73 Å². The van der Waals surface area contributed by atoms with Gasteiger partial charge in [0.05, 0.1) is 16.8 Å². The molecule has 4 aromatic rings. The number of halogens is 1. The minimum atomic E-state index is -4.07. The Bertz CT molecular complexity index is 1710. The van der Waals surface area contributed by atoms with Crippen LogP contribution in [-0.4, -0.2) is 31.7 Å². The fraction of sp³-hybridized carbons (Fsp3) is 0.226. The van der Waals surface area contributed by atoms with Gasteiger partial charge in [-0.1, -0.05) is 41.4 Å². The number of aryl methyl sites for hydroxylation is 5. The molecule has 0 unspecified atom stereocenters. The average molecular weight is 577 g/mol. The highest BCUT2D eigenvalue weighted by atomic mass is 35.5. The minimum Gasteiger partial charge on any atom is -0.318 e. The Hall–Kier alpha value is -3.88. The van der Waals surface area contributed by atoms with Crippen molar-refractivity contribution in [1.29, 1.82) is 0 Å². The van der Waals surface area contributed by atoms with E-state index < -0.39 is 22.5 Å². The van der Waals surface area contributed by atoms with Crippen LogP contribution >= 0.6 is 11.6 Å². The highest BCUT2D eigenvalue weighted by Gasteiger charge is 2.28. The molecule has 0 saturated carbocycles. The molecule has 1 amide bonds. The van der Waals surface area contributed by atoms with E-state index in [2.05, 4.69) is 47.1 Å². The first-order valence-corrected chi connectivity index (χ1v) is 14.6. The van der Waals surface area contributed by atoms with Gasteiger partial charge in [0.1, 0.15) is 6.54 Å². The Kier molecular flexibility index (Phi) is 8.51. The third kappa shape index (κ3) is 6.13. The number of nitrogens with zero attached hydrogens (tertiary/aromatic N) is 3. The first kappa shape index (κ1) is 29.1. The van der Waals surface area contributed by atoms with Gasteiger partial charge in [0.25, 0.3) is 15.9 Å². The van der Waals surface area contributed by atoms with Crippen molar-refractivity contribution in [3.05, 3.63) is 111 Å². The third-order valence-electron chi connectivity index (χ3n) is 6.95. The normalized spacial score (nSPS) is 11.7. The van der Waals surface area contributed by atoms with Gasteiger partial charge < -0.3 is 4.57 Å². The molecular formula is C31H33ClN4O3S. The van der Waals surface area contributed by atoms with E-state index in [1.807, 2.05) is 26.8 Å². The lowest BCUT2D eigenvalue weighted by molar-refractivity contribution is -0.119. The molecule has 0 aliphatic carbocycles. The zero-order valence-electron chi connectivity index (χ0n) is 23.5. The molecule has 1 N–H and O–H groups in total.